The van der Waals surface area contributed by atoms with Gasteiger partial charge >= 0.3 is 0 Å². The zero-order valence-electron chi connectivity index (χ0n) is 19.8. The number of aromatic nitrogens is 4. The van der Waals surface area contributed by atoms with Crippen LogP contribution in [0.15, 0.2) is 36.7 Å². The van der Waals surface area contributed by atoms with Crippen molar-refractivity contribution in [2.24, 2.45) is 18.9 Å². The minimum atomic E-state index is 0.149. The van der Waals surface area contributed by atoms with Crippen LogP contribution in [0.25, 0.3) is 22.4 Å². The zero-order valence-corrected chi connectivity index (χ0v) is 19.8. The molecule has 34 heavy (non-hydrogen) atoms. The molecule has 6 rings (SSSR count). The Balaban J connectivity index is 1.32. The van der Waals surface area contributed by atoms with Crippen LogP contribution < -0.4 is 14.4 Å². The van der Waals surface area contributed by atoms with Crippen LogP contribution in [-0.2, 0) is 11.8 Å². The van der Waals surface area contributed by atoms with E-state index in [2.05, 4.69) is 26.3 Å². The van der Waals surface area contributed by atoms with Gasteiger partial charge in [0.2, 0.25) is 0 Å². The summed E-state index contributed by atoms with van der Waals surface area (Å²) in [5, 5.41) is 13.6. The molecular weight excluding hydrogens is 430 g/mol. The van der Waals surface area contributed by atoms with Crippen molar-refractivity contribution in [3.8, 4) is 33.9 Å². The molecule has 0 spiro atoms. The maximum atomic E-state index is 6.07. The van der Waals surface area contributed by atoms with Crippen molar-refractivity contribution in [1.29, 1.82) is 0 Å². The molecule has 0 amide bonds. The van der Waals surface area contributed by atoms with Gasteiger partial charge in [-0.3, -0.25) is 4.68 Å². The average molecular weight is 462 g/mol. The zero-order chi connectivity index (χ0) is 23.1. The molecule has 2 bridgehead atoms. The quantitative estimate of drug-likeness (QED) is 0.507. The number of rotatable bonds is 6. The second-order valence-electron chi connectivity index (χ2n) is 9.79. The molecule has 3 aliphatic rings. The molecule has 0 radical (unpaired) electrons. The van der Waals surface area contributed by atoms with Gasteiger partial charge in [0.1, 0.15) is 18.1 Å². The molecule has 2 aromatic heterocycles. The molecule has 2 fully saturated rings. The first kappa shape index (κ1) is 21.4. The van der Waals surface area contributed by atoms with E-state index in [1.165, 1.54) is 32.1 Å². The summed E-state index contributed by atoms with van der Waals surface area (Å²) in [6.45, 7) is 1.71. The summed E-state index contributed by atoms with van der Waals surface area (Å²) in [4.78, 5) is 2.45. The van der Waals surface area contributed by atoms with Crippen LogP contribution in [-0.4, -0.2) is 53.1 Å². The van der Waals surface area contributed by atoms with Gasteiger partial charge in [-0.1, -0.05) is 18.9 Å². The molecule has 8 heteroatoms. The lowest BCUT2D eigenvalue weighted by molar-refractivity contribution is 0.0515. The predicted octanol–water partition coefficient (Wildman–Crippen LogP) is 4.30. The smallest absolute Gasteiger partial charge is 0.194 e. The second-order valence-corrected chi connectivity index (χ2v) is 9.79. The van der Waals surface area contributed by atoms with Crippen LogP contribution in [0, 0.1) is 11.8 Å². The molecule has 3 aromatic rings. The molecular formula is C26H31N5O3. The summed E-state index contributed by atoms with van der Waals surface area (Å²) in [7, 11) is 3.52. The Labute approximate surface area is 199 Å². The van der Waals surface area contributed by atoms with Crippen molar-refractivity contribution < 1.29 is 14.2 Å². The summed E-state index contributed by atoms with van der Waals surface area (Å²) in [5.41, 5.74) is 3.63. The number of fused-ring (bicyclic) bond motifs is 3. The van der Waals surface area contributed by atoms with Gasteiger partial charge in [-0.2, -0.15) is 5.10 Å². The van der Waals surface area contributed by atoms with Gasteiger partial charge < -0.3 is 19.1 Å². The number of benzene rings is 1. The maximum Gasteiger partial charge on any atom is 0.194 e. The minimum Gasteiger partial charge on any atom is -0.488 e. The van der Waals surface area contributed by atoms with Crippen LogP contribution in [0.5, 0.6) is 11.5 Å². The van der Waals surface area contributed by atoms with Gasteiger partial charge in [-0.15, -0.1) is 10.2 Å². The van der Waals surface area contributed by atoms with Crippen LogP contribution in [0.1, 0.15) is 32.1 Å². The van der Waals surface area contributed by atoms with Gasteiger partial charge in [-0.25, -0.2) is 0 Å². The van der Waals surface area contributed by atoms with Gasteiger partial charge in [-0.05, 0) is 48.8 Å². The molecule has 2 aliphatic carbocycles. The van der Waals surface area contributed by atoms with Crippen LogP contribution in [0.2, 0.25) is 0 Å². The molecule has 2 saturated carbocycles. The summed E-state index contributed by atoms with van der Waals surface area (Å²) in [6.07, 6.45) is 10.6. The van der Waals surface area contributed by atoms with E-state index in [1.54, 1.807) is 11.8 Å². The molecule has 0 N–H and O–H groups in total. The number of aryl methyl sites for hydroxylation is 1. The minimum absolute atomic E-state index is 0.149. The number of anilines is 1. The molecule has 178 valence electrons. The lowest BCUT2D eigenvalue weighted by atomic mass is 9.84. The summed E-state index contributed by atoms with van der Waals surface area (Å²) in [6, 6.07) is 8.62. The molecule has 2 unspecified atom stereocenters. The largest absolute Gasteiger partial charge is 0.488 e. The third-order valence-corrected chi connectivity index (χ3v) is 7.53. The first-order valence-electron chi connectivity index (χ1n) is 12.2. The van der Waals surface area contributed by atoms with Gasteiger partial charge in [0, 0.05) is 43.6 Å². The van der Waals surface area contributed by atoms with Gasteiger partial charge in [0.25, 0.3) is 0 Å². The fourth-order valence-electron chi connectivity index (χ4n) is 5.97. The second kappa shape index (κ2) is 8.91. The van der Waals surface area contributed by atoms with Crippen molar-refractivity contribution in [3.63, 3.8) is 0 Å². The number of ether oxygens (including phenoxy) is 3. The van der Waals surface area contributed by atoms with Crippen LogP contribution in [0.4, 0.5) is 5.82 Å². The molecule has 8 nitrogen and oxygen atoms in total. The van der Waals surface area contributed by atoms with Gasteiger partial charge in [0.05, 0.1) is 12.7 Å². The van der Waals surface area contributed by atoms with E-state index in [1.807, 2.05) is 37.6 Å². The SMILES string of the molecule is COCOc1cc(-c2cnn(C)c2)ccc1-c1cc2c(nn1)N(C1CC3CC[C@@H](C3)C1)CCO2. The monoisotopic (exact) mass is 461 g/mol. The van der Waals surface area contributed by atoms with Crippen molar-refractivity contribution >= 4 is 5.82 Å². The Morgan fingerprint density at radius 2 is 1.91 bits per heavy atom. The third kappa shape index (κ3) is 4.00. The first-order valence-corrected chi connectivity index (χ1v) is 12.2. The number of nitrogens with zero attached hydrogens (tertiary/aromatic N) is 5. The fourth-order valence-corrected chi connectivity index (χ4v) is 5.97. The average Bonchev–Trinajstić information content (AvgIpc) is 3.45. The van der Waals surface area contributed by atoms with Crippen LogP contribution >= 0.6 is 0 Å². The summed E-state index contributed by atoms with van der Waals surface area (Å²) >= 11 is 0. The van der Waals surface area contributed by atoms with E-state index in [4.69, 9.17) is 14.2 Å². The Morgan fingerprint density at radius 3 is 2.68 bits per heavy atom. The lowest BCUT2D eigenvalue weighted by Crippen LogP contribution is -2.44. The standard InChI is InChI=1S/C26H31N5O3/c1-30-15-20(14-27-30)19-5-6-22(24(12-19)34-16-32-2)23-13-25-26(29-28-23)31(7-8-33-25)21-10-17-3-4-18(9-17)11-21/h5-6,12-15,17-18,21H,3-4,7-11,16H2,1-2H3/t17-,18?,21?/m0/s1. The normalized spacial score (nSPS) is 23.5. The Morgan fingerprint density at radius 1 is 1.06 bits per heavy atom. The Bertz CT molecular complexity index is 1170. The molecule has 3 heterocycles. The fraction of sp³-hybridized carbons (Fsp3) is 0.500. The highest BCUT2D eigenvalue weighted by Gasteiger charge is 2.38. The highest BCUT2D eigenvalue weighted by molar-refractivity contribution is 5.75. The van der Waals surface area contributed by atoms with Crippen molar-refractivity contribution in [2.75, 3.05) is 32.0 Å². The molecule has 1 aliphatic heterocycles. The van der Waals surface area contributed by atoms with Crippen molar-refractivity contribution in [2.45, 2.75) is 38.1 Å². The van der Waals surface area contributed by atoms with Crippen LogP contribution in [0.3, 0.4) is 0 Å². The number of methoxy groups -OCH3 is 1. The highest BCUT2D eigenvalue weighted by atomic mass is 16.7. The Kier molecular flexibility index (Phi) is 5.61. The van der Waals surface area contributed by atoms with E-state index in [9.17, 15) is 0 Å². The van der Waals surface area contributed by atoms with Crippen molar-refractivity contribution in [1.82, 2.24) is 20.0 Å². The topological polar surface area (TPSA) is 74.5 Å². The lowest BCUT2D eigenvalue weighted by Gasteiger charge is -2.40. The maximum absolute atomic E-state index is 6.07. The predicted molar refractivity (Wildman–Crippen MR) is 129 cm³/mol. The summed E-state index contributed by atoms with van der Waals surface area (Å²) in [5.74, 6) is 4.13. The number of hydrogen-bond donors (Lipinski definition) is 0. The Hall–Kier alpha value is -3.13. The molecule has 1 aromatic carbocycles. The van der Waals surface area contributed by atoms with E-state index >= 15 is 0 Å². The van der Waals surface area contributed by atoms with E-state index in [-0.39, 0.29) is 6.79 Å². The first-order chi connectivity index (χ1) is 16.7. The summed E-state index contributed by atoms with van der Waals surface area (Å²) < 4.78 is 19.0. The molecule has 3 atom stereocenters. The van der Waals surface area contributed by atoms with E-state index in [0.29, 0.717) is 18.4 Å². The van der Waals surface area contributed by atoms with Crippen molar-refractivity contribution in [3.05, 3.63) is 36.7 Å². The highest BCUT2D eigenvalue weighted by Crippen LogP contribution is 2.46. The molecule has 0 saturated heterocycles. The third-order valence-electron chi connectivity index (χ3n) is 7.53. The number of hydrogen-bond acceptors (Lipinski definition) is 7. The van der Waals surface area contributed by atoms with Gasteiger partial charge in [0.15, 0.2) is 18.4 Å². The van der Waals surface area contributed by atoms with E-state index < -0.39 is 0 Å². The van der Waals surface area contributed by atoms with E-state index in [0.717, 1.165) is 52.3 Å².